The van der Waals surface area contributed by atoms with Crippen molar-refractivity contribution in [1.82, 2.24) is 25.6 Å². The fraction of sp³-hybridized carbons (Fsp3) is 0.294. The first kappa shape index (κ1) is 18.1. The fourth-order valence-electron chi connectivity index (χ4n) is 2.58. The summed E-state index contributed by atoms with van der Waals surface area (Å²) in [7, 11) is 1.74. The number of carbonyl (C=O) groups is 2. The molecule has 136 valence electrons. The van der Waals surface area contributed by atoms with E-state index >= 15 is 0 Å². The lowest BCUT2D eigenvalue weighted by molar-refractivity contribution is 0.0843. The minimum atomic E-state index is -0.466. The molecule has 0 saturated carbocycles. The van der Waals surface area contributed by atoms with Crippen LogP contribution in [0.4, 0.5) is 0 Å². The average molecular weight is 420 g/mol. The van der Waals surface area contributed by atoms with Crippen molar-refractivity contribution in [1.29, 1.82) is 0 Å². The largest absolute Gasteiger partial charge is 0.345 e. The van der Waals surface area contributed by atoms with Gasteiger partial charge in [-0.25, -0.2) is 4.98 Å². The summed E-state index contributed by atoms with van der Waals surface area (Å²) in [6, 6.07) is 3.35. The normalized spacial score (nSPS) is 11.2. The van der Waals surface area contributed by atoms with Gasteiger partial charge in [0, 0.05) is 23.4 Å². The summed E-state index contributed by atoms with van der Waals surface area (Å²) >= 11 is 3.31. The predicted molar refractivity (Wildman–Crippen MR) is 98.7 cm³/mol. The quantitative estimate of drug-likeness (QED) is 0.635. The van der Waals surface area contributed by atoms with Crippen LogP contribution in [0.2, 0.25) is 0 Å². The van der Waals surface area contributed by atoms with Gasteiger partial charge in [0.05, 0.1) is 16.6 Å². The second-order valence-electron chi connectivity index (χ2n) is 6.26. The van der Waals surface area contributed by atoms with E-state index in [0.29, 0.717) is 33.7 Å². The number of amides is 2. The first-order chi connectivity index (χ1) is 12.3. The molecule has 0 unspecified atom stereocenters. The zero-order valence-electron chi connectivity index (χ0n) is 14.8. The molecule has 2 amide bonds. The summed E-state index contributed by atoms with van der Waals surface area (Å²) < 4.78 is 7.63. The zero-order chi connectivity index (χ0) is 19.0. The number of halogens is 1. The molecule has 9 heteroatoms. The second kappa shape index (κ2) is 6.91. The van der Waals surface area contributed by atoms with Gasteiger partial charge < -0.3 is 9.09 Å². The molecule has 0 bridgehead atoms. The Kier molecular flexibility index (Phi) is 4.82. The van der Waals surface area contributed by atoms with E-state index in [-0.39, 0.29) is 5.92 Å². The van der Waals surface area contributed by atoms with Crippen LogP contribution >= 0.6 is 15.9 Å². The monoisotopic (exact) mass is 419 g/mol. The SMILES string of the molecule is Cc1noc2nc(C(C)C)cc(C(=O)NNC(=O)c3cc(Br)cn3C)c12. The molecular weight excluding hydrogens is 402 g/mol. The van der Waals surface area contributed by atoms with Crippen LogP contribution in [-0.2, 0) is 7.05 Å². The molecule has 0 atom stereocenters. The molecule has 3 rings (SSSR count). The van der Waals surface area contributed by atoms with Gasteiger partial charge in [-0.15, -0.1) is 0 Å². The van der Waals surface area contributed by atoms with E-state index < -0.39 is 11.8 Å². The number of rotatable bonds is 3. The standard InChI is InChI=1S/C17H18BrN5O3/c1-8(2)12-6-11(14-9(3)22-26-17(14)19-12)15(24)20-21-16(25)13-5-10(18)7-23(13)4/h5-8H,1-4H3,(H,20,24)(H,21,25). The van der Waals surface area contributed by atoms with Crippen LogP contribution in [-0.4, -0.2) is 26.5 Å². The van der Waals surface area contributed by atoms with Gasteiger partial charge in [-0.1, -0.05) is 19.0 Å². The minimum Gasteiger partial charge on any atom is -0.345 e. The third kappa shape index (κ3) is 3.34. The Labute approximate surface area is 158 Å². The lowest BCUT2D eigenvalue weighted by Gasteiger charge is -2.10. The van der Waals surface area contributed by atoms with Crippen molar-refractivity contribution in [2.45, 2.75) is 26.7 Å². The van der Waals surface area contributed by atoms with Gasteiger partial charge in [0.15, 0.2) is 0 Å². The smallest absolute Gasteiger partial charge is 0.286 e. The van der Waals surface area contributed by atoms with Crippen LogP contribution in [0.15, 0.2) is 27.3 Å². The highest BCUT2D eigenvalue weighted by molar-refractivity contribution is 9.10. The van der Waals surface area contributed by atoms with E-state index in [0.717, 1.165) is 4.47 Å². The van der Waals surface area contributed by atoms with Gasteiger partial charge in [-0.05, 0) is 40.9 Å². The Hall–Kier alpha value is -2.68. The summed E-state index contributed by atoms with van der Waals surface area (Å²) in [5.74, 6) is -0.790. The molecule has 0 aliphatic carbocycles. The third-order valence-electron chi connectivity index (χ3n) is 3.97. The number of carbonyl (C=O) groups excluding carboxylic acids is 2. The maximum absolute atomic E-state index is 12.7. The molecule has 0 radical (unpaired) electrons. The Bertz CT molecular complexity index is 1010. The molecule has 0 spiro atoms. The molecule has 2 N–H and O–H groups in total. The van der Waals surface area contributed by atoms with Crippen molar-refractivity contribution >= 4 is 38.8 Å². The number of aryl methyl sites for hydroxylation is 2. The maximum Gasteiger partial charge on any atom is 0.286 e. The number of fused-ring (bicyclic) bond motifs is 1. The van der Waals surface area contributed by atoms with Crippen LogP contribution < -0.4 is 10.9 Å². The summed E-state index contributed by atoms with van der Waals surface area (Å²) in [6.45, 7) is 5.67. The average Bonchev–Trinajstić information content (AvgIpc) is 3.13. The molecule has 3 heterocycles. The van der Waals surface area contributed by atoms with Crippen molar-refractivity contribution in [3.63, 3.8) is 0 Å². The van der Waals surface area contributed by atoms with E-state index in [9.17, 15) is 9.59 Å². The van der Waals surface area contributed by atoms with Crippen LogP contribution in [0.3, 0.4) is 0 Å². The van der Waals surface area contributed by atoms with Gasteiger partial charge >= 0.3 is 0 Å². The predicted octanol–water partition coefficient (Wildman–Crippen LogP) is 2.83. The highest BCUT2D eigenvalue weighted by atomic mass is 79.9. The molecule has 3 aromatic heterocycles. The summed E-state index contributed by atoms with van der Waals surface area (Å²) in [4.78, 5) is 29.3. The Morgan fingerprint density at radius 1 is 1.23 bits per heavy atom. The molecule has 0 aromatic carbocycles. The Morgan fingerprint density at radius 2 is 1.92 bits per heavy atom. The summed E-state index contributed by atoms with van der Waals surface area (Å²) in [5.41, 5.74) is 7.19. The number of hydrazine groups is 1. The number of pyridine rings is 1. The minimum absolute atomic E-state index is 0.103. The number of aromatic nitrogens is 3. The molecule has 0 aliphatic rings. The lowest BCUT2D eigenvalue weighted by atomic mass is 10.0. The third-order valence-corrected chi connectivity index (χ3v) is 4.40. The Balaban J connectivity index is 1.86. The molecule has 0 aliphatic heterocycles. The molecule has 8 nitrogen and oxygen atoms in total. The maximum atomic E-state index is 12.7. The van der Waals surface area contributed by atoms with Gasteiger partial charge in [-0.3, -0.25) is 20.4 Å². The first-order valence-electron chi connectivity index (χ1n) is 7.97. The molecular formula is C17H18BrN5O3. The highest BCUT2D eigenvalue weighted by Gasteiger charge is 2.20. The van der Waals surface area contributed by atoms with Crippen molar-refractivity contribution in [2.75, 3.05) is 0 Å². The van der Waals surface area contributed by atoms with Gasteiger partial charge in [0.25, 0.3) is 17.5 Å². The van der Waals surface area contributed by atoms with Gasteiger partial charge in [-0.2, -0.15) is 0 Å². The van der Waals surface area contributed by atoms with Crippen molar-refractivity contribution < 1.29 is 14.1 Å². The van der Waals surface area contributed by atoms with Crippen molar-refractivity contribution in [2.24, 2.45) is 7.05 Å². The fourth-order valence-corrected chi connectivity index (χ4v) is 3.11. The zero-order valence-corrected chi connectivity index (χ0v) is 16.3. The second-order valence-corrected chi connectivity index (χ2v) is 7.18. The summed E-state index contributed by atoms with van der Waals surface area (Å²) in [5, 5.41) is 4.41. The van der Waals surface area contributed by atoms with E-state index in [1.807, 2.05) is 13.8 Å². The van der Waals surface area contributed by atoms with Gasteiger partial charge in [0.2, 0.25) is 0 Å². The van der Waals surface area contributed by atoms with Crippen molar-refractivity contribution in [3.05, 3.63) is 45.4 Å². The lowest BCUT2D eigenvalue weighted by Crippen LogP contribution is -2.42. The molecule has 3 aromatic rings. The first-order valence-corrected chi connectivity index (χ1v) is 8.76. The number of hydrogen-bond donors (Lipinski definition) is 2. The van der Waals surface area contributed by atoms with Crippen LogP contribution in [0, 0.1) is 6.92 Å². The van der Waals surface area contributed by atoms with E-state index in [4.69, 9.17) is 4.52 Å². The number of nitrogens with zero attached hydrogens (tertiary/aromatic N) is 3. The van der Waals surface area contributed by atoms with Crippen molar-refractivity contribution in [3.8, 4) is 0 Å². The molecule has 0 fully saturated rings. The topological polar surface area (TPSA) is 102 Å². The van der Waals surface area contributed by atoms with E-state index in [1.165, 1.54) is 0 Å². The van der Waals surface area contributed by atoms with Gasteiger partial charge in [0.1, 0.15) is 5.69 Å². The van der Waals surface area contributed by atoms with Crippen LogP contribution in [0.1, 0.15) is 52.0 Å². The van der Waals surface area contributed by atoms with Crippen LogP contribution in [0.25, 0.3) is 11.1 Å². The van der Waals surface area contributed by atoms with E-state index in [2.05, 4.69) is 36.9 Å². The Morgan fingerprint density at radius 3 is 2.54 bits per heavy atom. The number of hydrogen-bond acceptors (Lipinski definition) is 5. The number of nitrogens with one attached hydrogen (secondary N) is 2. The molecule has 26 heavy (non-hydrogen) atoms. The van der Waals surface area contributed by atoms with E-state index in [1.54, 1.807) is 36.9 Å². The molecule has 0 saturated heterocycles. The summed E-state index contributed by atoms with van der Waals surface area (Å²) in [6.07, 6.45) is 1.75. The van der Waals surface area contributed by atoms with Crippen LogP contribution in [0.5, 0.6) is 0 Å². The highest BCUT2D eigenvalue weighted by Crippen LogP contribution is 2.25.